The molecule has 0 rings (SSSR count). The van der Waals surface area contributed by atoms with E-state index in [-0.39, 0.29) is 25.7 Å². The van der Waals surface area contributed by atoms with Crippen molar-refractivity contribution in [2.75, 3.05) is 39.6 Å². The van der Waals surface area contributed by atoms with Crippen LogP contribution in [0.25, 0.3) is 0 Å². The van der Waals surface area contributed by atoms with Crippen molar-refractivity contribution in [2.24, 2.45) is 23.7 Å². The Bertz CT molecular complexity index is 1750. The van der Waals surface area contributed by atoms with Crippen molar-refractivity contribution in [2.45, 2.75) is 356 Å². The molecule has 88 heavy (non-hydrogen) atoms. The highest BCUT2D eigenvalue weighted by Gasteiger charge is 2.30. The Morgan fingerprint density at radius 1 is 0.284 bits per heavy atom. The first-order valence-corrected chi connectivity index (χ1v) is 38.7. The quantitative estimate of drug-likeness (QED) is 0.0222. The van der Waals surface area contributed by atoms with Crippen molar-refractivity contribution >= 4 is 39.5 Å². The third-order valence-electron chi connectivity index (χ3n) is 15.8. The summed E-state index contributed by atoms with van der Waals surface area (Å²) in [5.41, 5.74) is 0. The molecule has 0 aliphatic carbocycles. The van der Waals surface area contributed by atoms with E-state index in [1.807, 2.05) is 0 Å². The fourth-order valence-electron chi connectivity index (χ4n) is 10.3. The summed E-state index contributed by atoms with van der Waals surface area (Å²) in [7, 11) is -9.90. The Kier molecular flexibility index (Phi) is 57.6. The zero-order valence-electron chi connectivity index (χ0n) is 57.3. The fourth-order valence-corrected chi connectivity index (χ4v) is 11.9. The molecule has 3 N–H and O–H groups in total. The van der Waals surface area contributed by atoms with Crippen molar-refractivity contribution in [1.82, 2.24) is 0 Å². The summed E-state index contributed by atoms with van der Waals surface area (Å²) in [6.45, 7) is 14.0. The van der Waals surface area contributed by atoms with Crippen LogP contribution >= 0.6 is 15.6 Å². The fraction of sp³-hybridized carbons (Fsp3) is 0.942. The highest BCUT2D eigenvalue weighted by molar-refractivity contribution is 7.47. The number of phosphoric acid groups is 2. The molecule has 17 nitrogen and oxygen atoms in total. The molecule has 19 heteroatoms. The van der Waals surface area contributed by atoms with Crippen LogP contribution < -0.4 is 0 Å². The summed E-state index contributed by atoms with van der Waals surface area (Å²) in [6.07, 6.45) is 40.4. The number of esters is 4. The maximum atomic E-state index is 13.0. The molecule has 0 saturated carbocycles. The van der Waals surface area contributed by atoms with Crippen LogP contribution in [0.1, 0.15) is 338 Å². The van der Waals surface area contributed by atoms with Crippen molar-refractivity contribution < 1.29 is 80.2 Å². The number of carbonyl (C=O) groups excluding carboxylic acids is 4. The van der Waals surface area contributed by atoms with E-state index in [9.17, 15) is 43.2 Å². The SMILES string of the molecule is CC(C)CCCCCCCCCCCCCC(=O)OC[C@H](COP(=O)(O)OC[C@@H](O)COP(=O)(O)OC[C@@H](COC(=O)CCCCCCCCC(C)C)OC(=O)CCCCCCCCCCCC(C)C)OC(=O)CCCCCCCCCCCCC(C)C. The summed E-state index contributed by atoms with van der Waals surface area (Å²) < 4.78 is 68.2. The number of hydrogen-bond acceptors (Lipinski definition) is 15. The Morgan fingerprint density at radius 3 is 0.705 bits per heavy atom. The molecule has 0 spiro atoms. The molecule has 0 aliphatic rings. The lowest BCUT2D eigenvalue weighted by atomic mass is 10.0. The average Bonchev–Trinajstić information content (AvgIpc) is 3.53. The van der Waals surface area contributed by atoms with Gasteiger partial charge in [0, 0.05) is 25.7 Å². The first-order valence-electron chi connectivity index (χ1n) is 35.7. The van der Waals surface area contributed by atoms with Crippen LogP contribution in [0.15, 0.2) is 0 Å². The number of aliphatic hydroxyl groups is 1. The van der Waals surface area contributed by atoms with Gasteiger partial charge in [0.15, 0.2) is 12.2 Å². The van der Waals surface area contributed by atoms with Gasteiger partial charge in [0.05, 0.1) is 26.4 Å². The van der Waals surface area contributed by atoms with Gasteiger partial charge in [-0.3, -0.25) is 37.3 Å². The monoisotopic (exact) mass is 1300 g/mol. The van der Waals surface area contributed by atoms with Gasteiger partial charge in [0.2, 0.25) is 0 Å². The Balaban J connectivity index is 5.25. The van der Waals surface area contributed by atoms with Crippen molar-refractivity contribution in [3.8, 4) is 0 Å². The summed E-state index contributed by atoms with van der Waals surface area (Å²) >= 11 is 0. The molecule has 0 fully saturated rings. The Morgan fingerprint density at radius 2 is 0.477 bits per heavy atom. The van der Waals surface area contributed by atoms with Crippen LogP contribution in [0.4, 0.5) is 0 Å². The van der Waals surface area contributed by atoms with E-state index in [1.165, 1.54) is 135 Å². The lowest BCUT2D eigenvalue weighted by molar-refractivity contribution is -0.161. The molecule has 0 aromatic rings. The summed E-state index contributed by atoms with van der Waals surface area (Å²) in [5, 5.41) is 10.6. The predicted molar refractivity (Wildman–Crippen MR) is 354 cm³/mol. The van der Waals surface area contributed by atoms with Gasteiger partial charge in [0.25, 0.3) is 0 Å². The number of phosphoric ester groups is 2. The third-order valence-corrected chi connectivity index (χ3v) is 17.7. The van der Waals surface area contributed by atoms with E-state index in [1.54, 1.807) is 0 Å². The molecule has 0 aliphatic heterocycles. The first kappa shape index (κ1) is 86.1. The van der Waals surface area contributed by atoms with Crippen LogP contribution in [0.5, 0.6) is 0 Å². The molecule has 0 heterocycles. The largest absolute Gasteiger partial charge is 0.472 e. The maximum Gasteiger partial charge on any atom is 0.472 e. The molecule has 0 saturated heterocycles. The minimum atomic E-state index is -4.95. The van der Waals surface area contributed by atoms with Gasteiger partial charge in [-0.25, -0.2) is 9.13 Å². The minimum absolute atomic E-state index is 0.104. The second-order valence-electron chi connectivity index (χ2n) is 26.8. The molecule has 0 aromatic heterocycles. The number of hydrogen-bond donors (Lipinski definition) is 3. The number of unbranched alkanes of at least 4 members (excludes halogenated alkanes) is 32. The lowest BCUT2D eigenvalue weighted by Gasteiger charge is -2.21. The average molecular weight is 1300 g/mol. The number of rotatable bonds is 66. The van der Waals surface area contributed by atoms with E-state index >= 15 is 0 Å². The normalized spacial score (nSPS) is 14.3. The van der Waals surface area contributed by atoms with Gasteiger partial charge in [-0.05, 0) is 49.4 Å². The van der Waals surface area contributed by atoms with Gasteiger partial charge in [0.1, 0.15) is 19.3 Å². The second-order valence-corrected chi connectivity index (χ2v) is 29.7. The van der Waals surface area contributed by atoms with Gasteiger partial charge < -0.3 is 33.8 Å². The smallest absolute Gasteiger partial charge is 0.462 e. The third kappa shape index (κ3) is 62.8. The van der Waals surface area contributed by atoms with E-state index in [0.717, 1.165) is 114 Å². The molecule has 0 radical (unpaired) electrons. The standard InChI is InChI=1S/C69H134O17P2/c1-59(2)45-37-29-21-15-10-9-11-18-24-33-41-49-66(71)79-55-64(85-68(73)51-43-35-25-19-13-12-16-22-30-38-46-60(3)4)57-83-87(75,76)81-53-63(70)54-82-88(77,78)84-58-65(56-80-67(72)50-42-34-28-27-32-40-48-62(7)8)86-69(74)52-44-36-26-20-14-17-23-31-39-47-61(5)6/h59-65,70H,9-58H2,1-8H3,(H,75,76)(H,77,78)/t63-,64-,65-/m1/s1. The Hall–Kier alpha value is -1.94. The topological polar surface area (TPSA) is 237 Å². The molecule has 0 amide bonds. The van der Waals surface area contributed by atoms with Gasteiger partial charge in [-0.15, -0.1) is 0 Å². The predicted octanol–water partition coefficient (Wildman–Crippen LogP) is 19.3. The summed E-state index contributed by atoms with van der Waals surface area (Å²) in [6, 6.07) is 0. The van der Waals surface area contributed by atoms with Crippen LogP contribution in [0.3, 0.4) is 0 Å². The highest BCUT2D eigenvalue weighted by Crippen LogP contribution is 2.45. The van der Waals surface area contributed by atoms with E-state index < -0.39 is 97.5 Å². The molecule has 0 bridgehead atoms. The summed E-state index contributed by atoms with van der Waals surface area (Å²) in [4.78, 5) is 72.5. The van der Waals surface area contributed by atoms with E-state index in [2.05, 4.69) is 55.4 Å². The first-order chi connectivity index (χ1) is 42.1. The summed E-state index contributed by atoms with van der Waals surface area (Å²) in [5.74, 6) is 0.806. The number of aliphatic hydroxyl groups excluding tert-OH is 1. The molecular weight excluding hydrogens is 1160 g/mol. The second kappa shape index (κ2) is 58.8. The highest BCUT2D eigenvalue weighted by atomic mass is 31.2. The molecule has 0 aromatic carbocycles. The van der Waals surface area contributed by atoms with Crippen LogP contribution in [-0.2, 0) is 65.4 Å². The van der Waals surface area contributed by atoms with Crippen LogP contribution in [-0.4, -0.2) is 96.7 Å². The van der Waals surface area contributed by atoms with E-state index in [4.69, 9.17) is 37.0 Å². The zero-order chi connectivity index (χ0) is 65.4. The number of ether oxygens (including phenoxy) is 4. The zero-order valence-corrected chi connectivity index (χ0v) is 59.1. The molecule has 522 valence electrons. The molecular formula is C69H134O17P2. The minimum Gasteiger partial charge on any atom is -0.462 e. The number of carbonyl (C=O) groups is 4. The van der Waals surface area contributed by atoms with Crippen LogP contribution in [0, 0.1) is 23.7 Å². The van der Waals surface area contributed by atoms with Crippen molar-refractivity contribution in [1.29, 1.82) is 0 Å². The van der Waals surface area contributed by atoms with Crippen LogP contribution in [0.2, 0.25) is 0 Å². The van der Waals surface area contributed by atoms with E-state index in [0.29, 0.717) is 31.6 Å². The maximum absolute atomic E-state index is 13.0. The van der Waals surface area contributed by atoms with Crippen molar-refractivity contribution in [3.05, 3.63) is 0 Å². The molecule has 2 unspecified atom stereocenters. The van der Waals surface area contributed by atoms with Crippen molar-refractivity contribution in [3.63, 3.8) is 0 Å². The molecule has 5 atom stereocenters. The van der Waals surface area contributed by atoms with Gasteiger partial charge >= 0.3 is 39.5 Å². The van der Waals surface area contributed by atoms with Gasteiger partial charge in [-0.2, -0.15) is 0 Å². The Labute approximate surface area is 537 Å². The van der Waals surface area contributed by atoms with Gasteiger partial charge in [-0.1, -0.05) is 287 Å². The lowest BCUT2D eigenvalue weighted by Crippen LogP contribution is -2.30.